The Morgan fingerprint density at radius 3 is 2.39 bits per heavy atom. The Hall–Kier alpha value is -2.35. The molecule has 1 aromatic rings. The fourth-order valence-electron chi connectivity index (χ4n) is 3.13. The lowest BCUT2D eigenvalue weighted by molar-refractivity contribution is -0.183. The molecule has 0 saturated carbocycles. The number of allylic oxidation sites excluding steroid dienone is 1. The zero-order valence-electron chi connectivity index (χ0n) is 15.5. The van der Waals surface area contributed by atoms with Gasteiger partial charge in [-0.25, -0.2) is 4.79 Å². The Balaban J connectivity index is 2.57. The molecule has 0 radical (unpaired) electrons. The minimum Gasteiger partial charge on any atom is -0.465 e. The highest BCUT2D eigenvalue weighted by Crippen LogP contribution is 2.42. The summed E-state index contributed by atoms with van der Waals surface area (Å²) in [5.41, 5.74) is 0.777. The number of rotatable bonds is 5. The number of hydrogen-bond acceptors (Lipinski definition) is 5. The second kappa shape index (κ2) is 8.77. The third-order valence-electron chi connectivity index (χ3n) is 4.20. The highest BCUT2D eigenvalue weighted by atomic mass is 35.5. The molecule has 9 heteroatoms. The summed E-state index contributed by atoms with van der Waals surface area (Å²) in [5, 5.41) is 0.255. The summed E-state index contributed by atoms with van der Waals surface area (Å²) in [6.45, 7) is 3.03. The van der Waals surface area contributed by atoms with Crippen LogP contribution in [0.3, 0.4) is 0 Å². The molecule has 0 bridgehead atoms. The van der Waals surface area contributed by atoms with Crippen molar-refractivity contribution in [3.63, 3.8) is 0 Å². The molecule has 0 N–H and O–H groups in total. The smallest absolute Gasteiger partial charge is 0.422 e. The maximum Gasteiger partial charge on any atom is 0.422 e. The van der Waals surface area contributed by atoms with Crippen molar-refractivity contribution in [1.82, 2.24) is 0 Å². The van der Waals surface area contributed by atoms with Gasteiger partial charge in [-0.15, -0.1) is 0 Å². The molecular formula is C19H19ClF3NO4. The normalized spacial score (nSPS) is 19.9. The number of halogens is 4. The van der Waals surface area contributed by atoms with E-state index >= 15 is 0 Å². The molecule has 1 aliphatic rings. The van der Waals surface area contributed by atoms with Gasteiger partial charge in [-0.05, 0) is 32.4 Å². The van der Waals surface area contributed by atoms with Gasteiger partial charge in [0.2, 0.25) is 0 Å². The van der Waals surface area contributed by atoms with Crippen LogP contribution in [0.25, 0.3) is 0 Å². The topological polar surface area (TPSA) is 65.0 Å². The first-order valence-electron chi connectivity index (χ1n) is 8.47. The minimum atomic E-state index is -4.68. The summed E-state index contributed by atoms with van der Waals surface area (Å²) in [6.07, 6.45) is -4.68. The van der Waals surface area contributed by atoms with Crippen LogP contribution in [0.5, 0.6) is 0 Å². The summed E-state index contributed by atoms with van der Waals surface area (Å²) in [7, 11) is 0. The van der Waals surface area contributed by atoms with Crippen LogP contribution in [0.15, 0.2) is 40.5 Å². The number of aliphatic imine (C=N–C) groups is 1. The first kappa shape index (κ1) is 21.9. The average Bonchev–Trinajstić information content (AvgIpc) is 2.59. The quantitative estimate of drug-likeness (QED) is 0.663. The molecule has 0 aliphatic carbocycles. The number of benzene rings is 1. The summed E-state index contributed by atoms with van der Waals surface area (Å²) >= 11 is 6.27. The molecule has 2 unspecified atom stereocenters. The van der Waals surface area contributed by atoms with Crippen LogP contribution < -0.4 is 0 Å². The van der Waals surface area contributed by atoms with E-state index in [4.69, 9.17) is 16.3 Å². The van der Waals surface area contributed by atoms with Crippen LogP contribution in [0, 0.1) is 5.92 Å². The summed E-state index contributed by atoms with van der Waals surface area (Å²) in [6, 6.07) is 6.47. The highest BCUT2D eigenvalue weighted by Gasteiger charge is 2.43. The number of ether oxygens (including phenoxy) is 2. The van der Waals surface area contributed by atoms with E-state index < -0.39 is 36.6 Å². The lowest BCUT2D eigenvalue weighted by Gasteiger charge is -2.32. The van der Waals surface area contributed by atoms with Gasteiger partial charge in [0, 0.05) is 22.3 Å². The second-order valence-electron chi connectivity index (χ2n) is 6.17. The van der Waals surface area contributed by atoms with Gasteiger partial charge in [0.25, 0.3) is 0 Å². The largest absolute Gasteiger partial charge is 0.465 e. The highest BCUT2D eigenvalue weighted by molar-refractivity contribution is 6.31. The SMILES string of the molecule is CCOC(=O)C1C(C)=NC(C)=C(C(=O)OCC(F)(F)F)C1c1ccccc1Cl. The molecule has 152 valence electrons. The summed E-state index contributed by atoms with van der Waals surface area (Å²) < 4.78 is 47.1. The van der Waals surface area contributed by atoms with Crippen LogP contribution in [0.1, 0.15) is 32.3 Å². The van der Waals surface area contributed by atoms with Crippen molar-refractivity contribution in [2.75, 3.05) is 13.2 Å². The fourth-order valence-corrected chi connectivity index (χ4v) is 3.38. The fraction of sp³-hybridized carbons (Fsp3) is 0.421. The van der Waals surface area contributed by atoms with Gasteiger partial charge < -0.3 is 9.47 Å². The number of carbonyl (C=O) groups is 2. The lowest BCUT2D eigenvalue weighted by Crippen LogP contribution is -2.37. The van der Waals surface area contributed by atoms with Crippen molar-refractivity contribution in [2.24, 2.45) is 10.9 Å². The molecule has 0 fully saturated rings. The molecule has 2 rings (SSSR count). The van der Waals surface area contributed by atoms with Crippen molar-refractivity contribution in [2.45, 2.75) is 32.9 Å². The summed E-state index contributed by atoms with van der Waals surface area (Å²) in [4.78, 5) is 29.3. The van der Waals surface area contributed by atoms with E-state index in [1.165, 1.54) is 6.92 Å². The van der Waals surface area contributed by atoms with Crippen LogP contribution in [0.4, 0.5) is 13.2 Å². The van der Waals surface area contributed by atoms with E-state index in [0.29, 0.717) is 11.3 Å². The van der Waals surface area contributed by atoms with E-state index in [2.05, 4.69) is 9.73 Å². The van der Waals surface area contributed by atoms with Crippen molar-refractivity contribution in [3.8, 4) is 0 Å². The van der Waals surface area contributed by atoms with E-state index in [1.807, 2.05) is 0 Å². The van der Waals surface area contributed by atoms with Crippen LogP contribution in [0.2, 0.25) is 5.02 Å². The molecule has 1 aromatic carbocycles. The Morgan fingerprint density at radius 2 is 1.82 bits per heavy atom. The maximum absolute atomic E-state index is 12.6. The Kier molecular flexibility index (Phi) is 6.87. The Bertz CT molecular complexity index is 833. The van der Waals surface area contributed by atoms with Gasteiger partial charge >= 0.3 is 18.1 Å². The van der Waals surface area contributed by atoms with E-state index in [9.17, 15) is 22.8 Å². The van der Waals surface area contributed by atoms with E-state index in [-0.39, 0.29) is 22.9 Å². The number of esters is 2. The van der Waals surface area contributed by atoms with Gasteiger partial charge in [-0.2, -0.15) is 13.2 Å². The van der Waals surface area contributed by atoms with E-state index in [0.717, 1.165) is 0 Å². The molecule has 2 atom stereocenters. The molecular weight excluding hydrogens is 399 g/mol. The van der Waals surface area contributed by atoms with Gasteiger partial charge in [0.1, 0.15) is 5.92 Å². The number of hydrogen-bond donors (Lipinski definition) is 0. The van der Waals surface area contributed by atoms with Crippen molar-refractivity contribution < 1.29 is 32.2 Å². The van der Waals surface area contributed by atoms with Gasteiger partial charge in [-0.1, -0.05) is 29.8 Å². The molecule has 28 heavy (non-hydrogen) atoms. The monoisotopic (exact) mass is 417 g/mol. The zero-order chi connectivity index (χ0) is 21.1. The van der Waals surface area contributed by atoms with Crippen LogP contribution in [-0.4, -0.2) is 37.0 Å². The lowest BCUT2D eigenvalue weighted by atomic mass is 9.75. The molecule has 0 spiro atoms. The Labute approximate surface area is 165 Å². The molecule has 0 aromatic heterocycles. The number of alkyl halides is 3. The Morgan fingerprint density at radius 1 is 1.18 bits per heavy atom. The molecule has 1 heterocycles. The van der Waals surface area contributed by atoms with Crippen molar-refractivity contribution in [1.29, 1.82) is 0 Å². The molecule has 0 amide bonds. The maximum atomic E-state index is 12.6. The predicted molar refractivity (Wildman–Crippen MR) is 97.1 cm³/mol. The first-order valence-corrected chi connectivity index (χ1v) is 8.85. The standard InChI is InChI=1S/C19H19ClF3NO4/c1-4-27-17(25)14-10(2)24-11(3)15(18(26)28-9-19(21,22)23)16(14)12-7-5-6-8-13(12)20/h5-8,14,16H,4,9H2,1-3H3. The van der Waals surface area contributed by atoms with Crippen molar-refractivity contribution in [3.05, 3.63) is 46.1 Å². The van der Waals surface area contributed by atoms with Crippen LogP contribution in [-0.2, 0) is 19.1 Å². The summed E-state index contributed by atoms with van der Waals surface area (Å²) in [5.74, 6) is -3.85. The number of nitrogens with zero attached hydrogens (tertiary/aromatic N) is 1. The van der Waals surface area contributed by atoms with Gasteiger partial charge in [-0.3, -0.25) is 9.79 Å². The molecule has 0 saturated heterocycles. The second-order valence-corrected chi connectivity index (χ2v) is 6.58. The van der Waals surface area contributed by atoms with Crippen LogP contribution >= 0.6 is 11.6 Å². The molecule has 5 nitrogen and oxygen atoms in total. The molecule has 1 aliphatic heterocycles. The first-order chi connectivity index (χ1) is 13.1. The van der Waals surface area contributed by atoms with Gasteiger partial charge in [0.15, 0.2) is 6.61 Å². The third kappa shape index (κ3) is 4.92. The number of carbonyl (C=O) groups excluding carboxylic acids is 2. The van der Waals surface area contributed by atoms with Crippen molar-refractivity contribution >= 4 is 29.3 Å². The predicted octanol–water partition coefficient (Wildman–Crippen LogP) is 4.46. The zero-order valence-corrected chi connectivity index (χ0v) is 16.2. The third-order valence-corrected chi connectivity index (χ3v) is 4.54. The van der Waals surface area contributed by atoms with E-state index in [1.54, 1.807) is 38.1 Å². The van der Waals surface area contributed by atoms with Gasteiger partial charge in [0.05, 0.1) is 12.2 Å². The minimum absolute atomic E-state index is 0.0917. The average molecular weight is 418 g/mol.